The number of carbonyl (C=O) groups excluding carboxylic acids is 1. The number of ketones is 1. The molecule has 2 aromatic rings. The van der Waals surface area contributed by atoms with E-state index in [1.165, 1.54) is 19.2 Å². The second-order valence-electron chi connectivity index (χ2n) is 3.77. The molecular weight excluding hydrogens is 233 g/mol. The largest absolute Gasteiger partial charge is 0.496 e. The molecule has 0 saturated heterocycles. The number of rotatable bonds is 3. The van der Waals surface area contributed by atoms with Crippen molar-refractivity contribution in [3.05, 3.63) is 59.4 Å². The Morgan fingerprint density at radius 1 is 1.17 bits per heavy atom. The van der Waals surface area contributed by atoms with Crippen molar-refractivity contribution < 1.29 is 13.9 Å². The Kier molecular flexibility index (Phi) is 3.28. The molecule has 0 aliphatic carbocycles. The molecule has 2 N–H and O–H groups in total. The highest BCUT2D eigenvalue weighted by Crippen LogP contribution is 2.24. The Bertz CT molecular complexity index is 579. The van der Waals surface area contributed by atoms with Crippen LogP contribution in [0, 0.1) is 5.82 Å². The fourth-order valence-electron chi connectivity index (χ4n) is 1.67. The number of ether oxygens (including phenoxy) is 1. The first kappa shape index (κ1) is 12.1. The van der Waals surface area contributed by atoms with Crippen LogP contribution in [0.3, 0.4) is 0 Å². The van der Waals surface area contributed by atoms with Gasteiger partial charge in [-0.15, -0.1) is 0 Å². The molecule has 92 valence electrons. The Labute approximate surface area is 104 Å². The summed E-state index contributed by atoms with van der Waals surface area (Å²) in [5.74, 6) is -0.807. The predicted octanol–water partition coefficient (Wildman–Crippen LogP) is 2.65. The monoisotopic (exact) mass is 245 g/mol. The lowest BCUT2D eigenvalue weighted by Crippen LogP contribution is -2.07. The van der Waals surface area contributed by atoms with E-state index in [4.69, 9.17) is 10.5 Å². The number of anilines is 1. The van der Waals surface area contributed by atoms with Crippen LogP contribution in [0.5, 0.6) is 5.75 Å². The summed E-state index contributed by atoms with van der Waals surface area (Å²) in [6.07, 6.45) is 0. The summed E-state index contributed by atoms with van der Waals surface area (Å²) in [5.41, 5.74) is 6.39. The minimum Gasteiger partial charge on any atom is -0.496 e. The minimum absolute atomic E-state index is 0.0650. The van der Waals surface area contributed by atoms with E-state index < -0.39 is 11.6 Å². The highest BCUT2D eigenvalue weighted by molar-refractivity contribution is 6.11. The second-order valence-corrected chi connectivity index (χ2v) is 3.77. The van der Waals surface area contributed by atoms with Crippen LogP contribution < -0.4 is 10.5 Å². The van der Waals surface area contributed by atoms with Crippen LogP contribution in [-0.2, 0) is 0 Å². The third-order valence-electron chi connectivity index (χ3n) is 2.60. The lowest BCUT2D eigenvalue weighted by atomic mass is 10.0. The van der Waals surface area contributed by atoms with E-state index in [0.717, 1.165) is 0 Å². The Hall–Kier alpha value is -2.36. The molecular formula is C14H12FNO2. The third kappa shape index (κ3) is 2.18. The van der Waals surface area contributed by atoms with E-state index in [1.807, 2.05) is 0 Å². The second kappa shape index (κ2) is 4.87. The molecule has 0 atom stereocenters. The highest BCUT2D eigenvalue weighted by Gasteiger charge is 2.18. The van der Waals surface area contributed by atoms with Gasteiger partial charge >= 0.3 is 0 Å². The highest BCUT2D eigenvalue weighted by atomic mass is 19.1. The third-order valence-corrected chi connectivity index (χ3v) is 2.60. The van der Waals surface area contributed by atoms with Crippen molar-refractivity contribution in [3.63, 3.8) is 0 Å². The van der Waals surface area contributed by atoms with Crippen molar-refractivity contribution in [1.29, 1.82) is 0 Å². The molecule has 0 aliphatic rings. The molecule has 0 saturated carbocycles. The van der Waals surface area contributed by atoms with Gasteiger partial charge in [-0.3, -0.25) is 4.79 Å². The van der Waals surface area contributed by atoms with Gasteiger partial charge in [0.25, 0.3) is 0 Å². The average Bonchev–Trinajstić information content (AvgIpc) is 2.38. The average molecular weight is 245 g/mol. The summed E-state index contributed by atoms with van der Waals surface area (Å²) in [7, 11) is 1.40. The standard InChI is InChI=1S/C14H12FNO2/c1-18-12-4-2-3-11(15)13(12)14(17)9-5-7-10(16)8-6-9/h2-8H,16H2,1H3. The molecule has 0 aliphatic heterocycles. The number of nitrogen functional groups attached to an aromatic ring is 1. The minimum atomic E-state index is -0.601. The molecule has 0 heterocycles. The van der Waals surface area contributed by atoms with Crippen LogP contribution in [0.2, 0.25) is 0 Å². The van der Waals surface area contributed by atoms with Crippen LogP contribution in [0.15, 0.2) is 42.5 Å². The number of hydrogen-bond donors (Lipinski definition) is 1. The zero-order valence-electron chi connectivity index (χ0n) is 9.81. The molecule has 0 spiro atoms. The molecule has 0 fully saturated rings. The van der Waals surface area contributed by atoms with Gasteiger partial charge in [0.15, 0.2) is 5.78 Å². The fourth-order valence-corrected chi connectivity index (χ4v) is 1.67. The molecule has 0 amide bonds. The molecule has 0 radical (unpaired) electrons. The normalized spacial score (nSPS) is 10.1. The van der Waals surface area contributed by atoms with E-state index in [0.29, 0.717) is 11.3 Å². The van der Waals surface area contributed by atoms with Crippen LogP contribution in [0.25, 0.3) is 0 Å². The Morgan fingerprint density at radius 3 is 2.44 bits per heavy atom. The Morgan fingerprint density at radius 2 is 1.83 bits per heavy atom. The maximum atomic E-state index is 13.7. The van der Waals surface area contributed by atoms with Gasteiger partial charge in [-0.1, -0.05) is 6.07 Å². The van der Waals surface area contributed by atoms with E-state index in [1.54, 1.807) is 30.3 Å². The molecule has 0 unspecified atom stereocenters. The van der Waals surface area contributed by atoms with Gasteiger partial charge in [0.1, 0.15) is 17.1 Å². The quantitative estimate of drug-likeness (QED) is 0.668. The van der Waals surface area contributed by atoms with Crippen LogP contribution in [-0.4, -0.2) is 12.9 Å². The number of carbonyl (C=O) groups is 1. The lowest BCUT2D eigenvalue weighted by molar-refractivity contribution is 0.103. The molecule has 2 rings (SSSR count). The first-order chi connectivity index (χ1) is 8.63. The maximum Gasteiger partial charge on any atom is 0.199 e. The summed E-state index contributed by atoms with van der Waals surface area (Å²) < 4.78 is 18.7. The van der Waals surface area contributed by atoms with E-state index in [-0.39, 0.29) is 11.3 Å². The maximum absolute atomic E-state index is 13.7. The summed E-state index contributed by atoms with van der Waals surface area (Å²) in [6, 6.07) is 10.6. The number of hydrogen-bond acceptors (Lipinski definition) is 3. The molecule has 0 aromatic heterocycles. The SMILES string of the molecule is COc1cccc(F)c1C(=O)c1ccc(N)cc1. The zero-order valence-corrected chi connectivity index (χ0v) is 9.81. The van der Waals surface area contributed by atoms with Crippen molar-refractivity contribution in [2.45, 2.75) is 0 Å². The number of methoxy groups -OCH3 is 1. The van der Waals surface area contributed by atoms with Gasteiger partial charge in [-0.25, -0.2) is 4.39 Å². The number of nitrogens with two attached hydrogens (primary N) is 1. The molecule has 4 heteroatoms. The van der Waals surface area contributed by atoms with E-state index >= 15 is 0 Å². The van der Waals surface area contributed by atoms with E-state index in [2.05, 4.69) is 0 Å². The topological polar surface area (TPSA) is 52.3 Å². The zero-order chi connectivity index (χ0) is 13.1. The molecule has 2 aromatic carbocycles. The predicted molar refractivity (Wildman–Crippen MR) is 67.2 cm³/mol. The van der Waals surface area contributed by atoms with E-state index in [9.17, 15) is 9.18 Å². The summed E-state index contributed by atoms with van der Waals surface area (Å²) in [4.78, 5) is 12.2. The number of halogens is 1. The summed E-state index contributed by atoms with van der Waals surface area (Å²) in [6.45, 7) is 0. The van der Waals surface area contributed by atoms with Gasteiger partial charge in [0.05, 0.1) is 7.11 Å². The molecule has 0 bridgehead atoms. The number of benzene rings is 2. The first-order valence-electron chi connectivity index (χ1n) is 5.36. The van der Waals surface area contributed by atoms with Crippen molar-refractivity contribution in [1.82, 2.24) is 0 Å². The fraction of sp³-hybridized carbons (Fsp3) is 0.0714. The molecule has 18 heavy (non-hydrogen) atoms. The Balaban J connectivity index is 2.49. The van der Waals surface area contributed by atoms with Gasteiger partial charge in [-0.05, 0) is 36.4 Å². The van der Waals surface area contributed by atoms with Crippen LogP contribution in [0.4, 0.5) is 10.1 Å². The van der Waals surface area contributed by atoms with Crippen molar-refractivity contribution in [2.75, 3.05) is 12.8 Å². The van der Waals surface area contributed by atoms with Gasteiger partial charge in [-0.2, -0.15) is 0 Å². The van der Waals surface area contributed by atoms with Crippen molar-refractivity contribution in [2.24, 2.45) is 0 Å². The van der Waals surface area contributed by atoms with Gasteiger partial charge in [0, 0.05) is 11.3 Å². The van der Waals surface area contributed by atoms with Crippen molar-refractivity contribution >= 4 is 11.5 Å². The summed E-state index contributed by atoms with van der Waals surface area (Å²) >= 11 is 0. The lowest BCUT2D eigenvalue weighted by Gasteiger charge is -2.08. The first-order valence-corrected chi connectivity index (χ1v) is 5.36. The van der Waals surface area contributed by atoms with Crippen LogP contribution in [0.1, 0.15) is 15.9 Å². The van der Waals surface area contributed by atoms with Crippen LogP contribution >= 0.6 is 0 Å². The smallest absolute Gasteiger partial charge is 0.199 e. The van der Waals surface area contributed by atoms with Gasteiger partial charge < -0.3 is 10.5 Å². The molecule has 3 nitrogen and oxygen atoms in total. The van der Waals surface area contributed by atoms with Gasteiger partial charge in [0.2, 0.25) is 0 Å². The van der Waals surface area contributed by atoms with Crippen molar-refractivity contribution in [3.8, 4) is 5.75 Å². The summed E-state index contributed by atoms with van der Waals surface area (Å²) in [5, 5.41) is 0.